The molecular weight excluding hydrogens is 178 g/mol. The molecule has 0 bridgehead atoms. The molecule has 0 saturated heterocycles. The van der Waals surface area contributed by atoms with Crippen molar-refractivity contribution in [2.75, 3.05) is 20.1 Å². The Kier molecular flexibility index (Phi) is 2.84. The van der Waals surface area contributed by atoms with E-state index in [4.69, 9.17) is 10.2 Å². The fourth-order valence-electron chi connectivity index (χ4n) is 2.05. The highest BCUT2D eigenvalue weighted by molar-refractivity contribution is 5.16. The second-order valence-corrected chi connectivity index (χ2v) is 3.84. The van der Waals surface area contributed by atoms with Crippen molar-refractivity contribution in [2.45, 2.75) is 25.3 Å². The summed E-state index contributed by atoms with van der Waals surface area (Å²) in [5, 5.41) is 0. The first-order valence-corrected chi connectivity index (χ1v) is 5.15. The first-order valence-electron chi connectivity index (χ1n) is 5.15. The van der Waals surface area contributed by atoms with Crippen LogP contribution < -0.4 is 5.73 Å². The third-order valence-corrected chi connectivity index (χ3v) is 2.89. The van der Waals surface area contributed by atoms with Gasteiger partial charge in [-0.15, -0.1) is 0 Å². The minimum absolute atomic E-state index is 0.404. The van der Waals surface area contributed by atoms with Gasteiger partial charge in [0.15, 0.2) is 6.39 Å². The van der Waals surface area contributed by atoms with Gasteiger partial charge >= 0.3 is 0 Å². The van der Waals surface area contributed by atoms with Crippen molar-refractivity contribution in [2.24, 2.45) is 5.73 Å². The second-order valence-electron chi connectivity index (χ2n) is 3.84. The van der Waals surface area contributed by atoms with E-state index in [2.05, 4.69) is 16.9 Å². The fourth-order valence-corrected chi connectivity index (χ4v) is 2.05. The molecule has 1 atom stereocenters. The molecule has 0 aliphatic carbocycles. The van der Waals surface area contributed by atoms with Gasteiger partial charge in [-0.3, -0.25) is 4.90 Å². The molecule has 0 spiro atoms. The van der Waals surface area contributed by atoms with Crippen LogP contribution in [0.25, 0.3) is 0 Å². The zero-order chi connectivity index (χ0) is 9.97. The van der Waals surface area contributed by atoms with Gasteiger partial charge in [-0.2, -0.15) is 0 Å². The molecule has 78 valence electrons. The Labute approximate surface area is 84.1 Å². The zero-order valence-electron chi connectivity index (χ0n) is 8.57. The minimum Gasteiger partial charge on any atom is -0.448 e. The van der Waals surface area contributed by atoms with Crippen molar-refractivity contribution < 1.29 is 4.42 Å². The number of hydrogen-bond donors (Lipinski definition) is 1. The minimum atomic E-state index is 0.404. The van der Waals surface area contributed by atoms with E-state index in [1.54, 1.807) is 6.39 Å². The van der Waals surface area contributed by atoms with Crippen LogP contribution >= 0.6 is 0 Å². The molecule has 1 aliphatic heterocycles. The summed E-state index contributed by atoms with van der Waals surface area (Å²) in [6.45, 7) is 1.80. The smallest absolute Gasteiger partial charge is 0.181 e. The van der Waals surface area contributed by atoms with Gasteiger partial charge in [0.2, 0.25) is 0 Å². The number of rotatable bonds is 3. The van der Waals surface area contributed by atoms with Crippen LogP contribution in [-0.2, 0) is 6.42 Å². The fraction of sp³-hybridized carbons (Fsp3) is 0.700. The third kappa shape index (κ3) is 1.67. The van der Waals surface area contributed by atoms with Gasteiger partial charge in [0, 0.05) is 13.0 Å². The van der Waals surface area contributed by atoms with Crippen molar-refractivity contribution in [1.29, 1.82) is 0 Å². The standard InChI is InChI=1S/C10H17N3O/c1-13-6-4-9-10(12-7-14-9)8(13)3-2-5-11/h7-8H,2-6,11H2,1H3. The molecule has 4 heteroatoms. The Bertz CT molecular complexity index is 297. The molecule has 1 aliphatic rings. The molecule has 4 nitrogen and oxygen atoms in total. The maximum Gasteiger partial charge on any atom is 0.181 e. The highest BCUT2D eigenvalue weighted by Crippen LogP contribution is 2.30. The molecule has 0 amide bonds. The topological polar surface area (TPSA) is 55.3 Å². The molecule has 2 rings (SSSR count). The van der Waals surface area contributed by atoms with Gasteiger partial charge in [0.05, 0.1) is 11.7 Å². The lowest BCUT2D eigenvalue weighted by Crippen LogP contribution is -2.32. The monoisotopic (exact) mass is 195 g/mol. The summed E-state index contributed by atoms with van der Waals surface area (Å²) >= 11 is 0. The molecule has 2 heterocycles. The first kappa shape index (κ1) is 9.68. The molecule has 1 aromatic rings. The van der Waals surface area contributed by atoms with E-state index >= 15 is 0 Å². The largest absolute Gasteiger partial charge is 0.448 e. The number of oxazole rings is 1. The normalized spacial score (nSPS) is 22.3. The van der Waals surface area contributed by atoms with Gasteiger partial charge in [-0.05, 0) is 26.4 Å². The summed E-state index contributed by atoms with van der Waals surface area (Å²) in [5.74, 6) is 1.06. The number of likely N-dealkylation sites (N-methyl/N-ethyl adjacent to an activating group) is 1. The Hall–Kier alpha value is -0.870. The van der Waals surface area contributed by atoms with Gasteiger partial charge in [-0.25, -0.2) is 4.98 Å². The number of aromatic nitrogens is 1. The van der Waals surface area contributed by atoms with Crippen LogP contribution in [0.3, 0.4) is 0 Å². The zero-order valence-corrected chi connectivity index (χ0v) is 8.57. The number of nitrogens with two attached hydrogens (primary N) is 1. The van der Waals surface area contributed by atoms with E-state index < -0.39 is 0 Å². The summed E-state index contributed by atoms with van der Waals surface area (Å²) < 4.78 is 5.35. The maximum absolute atomic E-state index is 5.52. The molecule has 1 unspecified atom stereocenters. The van der Waals surface area contributed by atoms with E-state index in [0.717, 1.165) is 43.8 Å². The van der Waals surface area contributed by atoms with Crippen molar-refractivity contribution in [1.82, 2.24) is 9.88 Å². The predicted molar refractivity (Wildman–Crippen MR) is 53.9 cm³/mol. The van der Waals surface area contributed by atoms with Gasteiger partial charge in [0.25, 0.3) is 0 Å². The lowest BCUT2D eigenvalue weighted by molar-refractivity contribution is 0.204. The van der Waals surface area contributed by atoms with E-state index in [0.29, 0.717) is 6.04 Å². The summed E-state index contributed by atoms with van der Waals surface area (Å²) in [7, 11) is 2.14. The third-order valence-electron chi connectivity index (χ3n) is 2.89. The molecule has 1 aromatic heterocycles. The Morgan fingerprint density at radius 1 is 1.71 bits per heavy atom. The van der Waals surface area contributed by atoms with Crippen molar-refractivity contribution in [3.8, 4) is 0 Å². The molecule has 14 heavy (non-hydrogen) atoms. The quantitative estimate of drug-likeness (QED) is 0.780. The molecular formula is C10H17N3O. The van der Waals surface area contributed by atoms with Gasteiger partial charge in [-0.1, -0.05) is 0 Å². The lowest BCUT2D eigenvalue weighted by Gasteiger charge is -2.30. The molecule has 0 fully saturated rings. The van der Waals surface area contributed by atoms with Crippen molar-refractivity contribution in [3.63, 3.8) is 0 Å². The SMILES string of the molecule is CN1CCc2ocnc2C1CCCN. The highest BCUT2D eigenvalue weighted by Gasteiger charge is 2.27. The average Bonchev–Trinajstić information content (AvgIpc) is 2.64. The summed E-state index contributed by atoms with van der Waals surface area (Å²) in [6, 6.07) is 0.404. The van der Waals surface area contributed by atoms with Gasteiger partial charge in [0.1, 0.15) is 5.76 Å². The average molecular weight is 195 g/mol. The first-order chi connectivity index (χ1) is 6.83. The lowest BCUT2D eigenvalue weighted by atomic mass is 10.00. The molecule has 0 saturated carbocycles. The number of nitrogens with zero attached hydrogens (tertiary/aromatic N) is 2. The number of fused-ring (bicyclic) bond motifs is 1. The van der Waals surface area contributed by atoms with Crippen LogP contribution in [0, 0.1) is 0 Å². The second kappa shape index (κ2) is 4.11. The van der Waals surface area contributed by atoms with E-state index in [-0.39, 0.29) is 0 Å². The van der Waals surface area contributed by atoms with Crippen LogP contribution in [0.4, 0.5) is 0 Å². The number of hydrogen-bond acceptors (Lipinski definition) is 4. The van der Waals surface area contributed by atoms with Crippen LogP contribution in [0.15, 0.2) is 10.8 Å². The van der Waals surface area contributed by atoms with Gasteiger partial charge < -0.3 is 10.2 Å². The Morgan fingerprint density at radius 3 is 3.36 bits per heavy atom. The van der Waals surface area contributed by atoms with E-state index in [1.807, 2.05) is 0 Å². The summed E-state index contributed by atoms with van der Waals surface area (Å²) in [5.41, 5.74) is 6.64. The Balaban J connectivity index is 2.14. The molecule has 0 aromatic carbocycles. The highest BCUT2D eigenvalue weighted by atomic mass is 16.3. The molecule has 0 radical (unpaired) electrons. The predicted octanol–water partition coefficient (Wildman–Crippen LogP) is 0.943. The van der Waals surface area contributed by atoms with Crippen LogP contribution in [0.5, 0.6) is 0 Å². The summed E-state index contributed by atoms with van der Waals surface area (Å²) in [6.07, 6.45) is 4.65. The maximum atomic E-state index is 5.52. The van der Waals surface area contributed by atoms with Crippen molar-refractivity contribution in [3.05, 3.63) is 17.8 Å². The van der Waals surface area contributed by atoms with Crippen LogP contribution in [0.2, 0.25) is 0 Å². The van der Waals surface area contributed by atoms with E-state index in [9.17, 15) is 0 Å². The Morgan fingerprint density at radius 2 is 2.57 bits per heavy atom. The summed E-state index contributed by atoms with van der Waals surface area (Å²) in [4.78, 5) is 6.63. The van der Waals surface area contributed by atoms with E-state index in [1.165, 1.54) is 0 Å². The van der Waals surface area contributed by atoms with Crippen molar-refractivity contribution >= 4 is 0 Å². The van der Waals surface area contributed by atoms with Crippen LogP contribution in [-0.4, -0.2) is 30.0 Å². The van der Waals surface area contributed by atoms with Crippen LogP contribution in [0.1, 0.15) is 30.3 Å². The molecule has 2 N–H and O–H groups in total.